The molecule has 0 spiro atoms. The molecule has 2 aromatic heterocycles. The average molecular weight is 327 g/mol. The van der Waals surface area contributed by atoms with Crippen molar-refractivity contribution in [2.45, 2.75) is 19.5 Å². The normalized spacial score (nSPS) is 11.5. The van der Waals surface area contributed by atoms with Crippen LogP contribution in [-0.2, 0) is 13.1 Å². The van der Waals surface area contributed by atoms with Crippen molar-refractivity contribution in [3.8, 4) is 0 Å². The Labute approximate surface area is 147 Å². The first-order valence-electron chi connectivity index (χ1n) is 8.66. The second kappa shape index (κ2) is 7.22. The van der Waals surface area contributed by atoms with Gasteiger partial charge in [0.05, 0.1) is 6.33 Å². The minimum atomic E-state index is 0.998. The van der Waals surface area contributed by atoms with Crippen LogP contribution in [0, 0.1) is 0 Å². The molecule has 3 nitrogen and oxygen atoms in total. The number of nitrogens with zero attached hydrogens (tertiary/aromatic N) is 3. The van der Waals surface area contributed by atoms with Gasteiger partial charge in [0, 0.05) is 42.6 Å². The molecule has 0 saturated heterocycles. The van der Waals surface area contributed by atoms with Crippen LogP contribution in [0.4, 0.5) is 0 Å². The van der Waals surface area contributed by atoms with Gasteiger partial charge in [0.2, 0.25) is 0 Å². The van der Waals surface area contributed by atoms with Crippen LogP contribution in [0.25, 0.3) is 23.1 Å². The lowest BCUT2D eigenvalue weighted by Gasteiger charge is -2.06. The van der Waals surface area contributed by atoms with Crippen molar-refractivity contribution in [3.63, 3.8) is 0 Å². The smallest absolute Gasteiger partial charge is 0.0945 e. The monoisotopic (exact) mass is 327 g/mol. The minimum Gasteiger partial charge on any atom is -0.347 e. The van der Waals surface area contributed by atoms with E-state index in [1.54, 1.807) is 0 Å². The van der Waals surface area contributed by atoms with Gasteiger partial charge in [-0.1, -0.05) is 48.6 Å². The van der Waals surface area contributed by atoms with Crippen LogP contribution in [0.1, 0.15) is 17.5 Å². The molecule has 0 radical (unpaired) electrons. The molecule has 124 valence electrons. The standard InChI is InChI=1S/C22H21N3/c1-2-5-19(6-3-1)7-8-20-9-10-22-21(17-20)11-15-25(22)14-4-13-24-16-12-23-18-24/h1-3,5-12,15-18H,4,13-14H2/b8-7+. The van der Waals surface area contributed by atoms with E-state index in [-0.39, 0.29) is 0 Å². The van der Waals surface area contributed by atoms with E-state index in [2.05, 4.69) is 81.0 Å². The number of hydrogen-bond donors (Lipinski definition) is 0. The van der Waals surface area contributed by atoms with Crippen molar-refractivity contribution in [2.24, 2.45) is 0 Å². The Morgan fingerprint density at radius 3 is 2.56 bits per heavy atom. The molecule has 0 saturated carbocycles. The molecule has 0 unspecified atom stereocenters. The van der Waals surface area contributed by atoms with Gasteiger partial charge < -0.3 is 9.13 Å². The molecule has 25 heavy (non-hydrogen) atoms. The van der Waals surface area contributed by atoms with E-state index in [4.69, 9.17) is 0 Å². The first-order valence-corrected chi connectivity index (χ1v) is 8.66. The lowest BCUT2D eigenvalue weighted by Crippen LogP contribution is -2.01. The van der Waals surface area contributed by atoms with E-state index in [1.807, 2.05) is 24.8 Å². The van der Waals surface area contributed by atoms with E-state index in [9.17, 15) is 0 Å². The highest BCUT2D eigenvalue weighted by Crippen LogP contribution is 2.20. The summed E-state index contributed by atoms with van der Waals surface area (Å²) in [6, 6.07) is 19.3. The predicted octanol–water partition coefficient (Wildman–Crippen LogP) is 5.10. The molecule has 3 heteroatoms. The maximum atomic E-state index is 4.09. The van der Waals surface area contributed by atoms with Crippen LogP contribution in [0.15, 0.2) is 79.5 Å². The van der Waals surface area contributed by atoms with Gasteiger partial charge in [-0.25, -0.2) is 4.98 Å². The zero-order chi connectivity index (χ0) is 16.9. The van der Waals surface area contributed by atoms with E-state index >= 15 is 0 Å². The van der Waals surface area contributed by atoms with E-state index in [0.29, 0.717) is 0 Å². The van der Waals surface area contributed by atoms with Crippen LogP contribution in [0.2, 0.25) is 0 Å². The third-order valence-corrected chi connectivity index (χ3v) is 4.44. The fraction of sp³-hybridized carbons (Fsp3) is 0.136. The van der Waals surface area contributed by atoms with Crippen LogP contribution < -0.4 is 0 Å². The summed E-state index contributed by atoms with van der Waals surface area (Å²) in [4.78, 5) is 4.09. The van der Waals surface area contributed by atoms with Gasteiger partial charge in [-0.05, 0) is 35.7 Å². The molecular weight excluding hydrogens is 306 g/mol. The first kappa shape index (κ1) is 15.5. The SMILES string of the molecule is C(=C\c1ccc2c(ccn2CCCn2ccnc2)c1)/c1ccccc1. The van der Waals surface area contributed by atoms with Crippen molar-refractivity contribution < 1.29 is 0 Å². The fourth-order valence-electron chi connectivity index (χ4n) is 3.12. The third kappa shape index (κ3) is 3.72. The minimum absolute atomic E-state index is 0.998. The lowest BCUT2D eigenvalue weighted by atomic mass is 10.1. The van der Waals surface area contributed by atoms with E-state index in [1.165, 1.54) is 22.0 Å². The average Bonchev–Trinajstić information content (AvgIpc) is 3.31. The van der Waals surface area contributed by atoms with Crippen LogP contribution in [0.3, 0.4) is 0 Å². The molecule has 0 fully saturated rings. The van der Waals surface area contributed by atoms with Crippen LogP contribution in [0.5, 0.6) is 0 Å². The highest BCUT2D eigenvalue weighted by Gasteiger charge is 2.01. The van der Waals surface area contributed by atoms with Gasteiger partial charge in [-0.2, -0.15) is 0 Å². The summed E-state index contributed by atoms with van der Waals surface area (Å²) in [6.07, 6.45) is 13.3. The number of fused-ring (bicyclic) bond motifs is 1. The molecule has 0 aliphatic carbocycles. The van der Waals surface area contributed by atoms with Crippen molar-refractivity contribution in [1.82, 2.24) is 14.1 Å². The molecule has 0 aliphatic rings. The number of rotatable bonds is 6. The number of aryl methyl sites for hydroxylation is 2. The first-order chi connectivity index (χ1) is 12.4. The summed E-state index contributed by atoms with van der Waals surface area (Å²) in [5.74, 6) is 0. The summed E-state index contributed by atoms with van der Waals surface area (Å²) in [6.45, 7) is 2.01. The zero-order valence-electron chi connectivity index (χ0n) is 14.1. The molecule has 0 aliphatic heterocycles. The van der Waals surface area contributed by atoms with Gasteiger partial charge in [-0.15, -0.1) is 0 Å². The van der Waals surface area contributed by atoms with Crippen molar-refractivity contribution >= 4 is 23.1 Å². The van der Waals surface area contributed by atoms with Gasteiger partial charge in [-0.3, -0.25) is 0 Å². The maximum Gasteiger partial charge on any atom is 0.0945 e. The largest absolute Gasteiger partial charge is 0.347 e. The quantitative estimate of drug-likeness (QED) is 0.452. The maximum absolute atomic E-state index is 4.09. The summed E-state index contributed by atoms with van der Waals surface area (Å²) < 4.78 is 4.45. The zero-order valence-corrected chi connectivity index (χ0v) is 14.1. The summed E-state index contributed by atoms with van der Waals surface area (Å²) in [5, 5.41) is 1.29. The van der Waals surface area contributed by atoms with Crippen LogP contribution in [-0.4, -0.2) is 14.1 Å². The second-order valence-electron chi connectivity index (χ2n) is 6.23. The number of benzene rings is 2. The molecule has 0 atom stereocenters. The molecule has 4 aromatic rings. The molecule has 0 N–H and O–H groups in total. The number of hydrogen-bond acceptors (Lipinski definition) is 1. The van der Waals surface area contributed by atoms with Gasteiger partial charge >= 0.3 is 0 Å². The van der Waals surface area contributed by atoms with E-state index in [0.717, 1.165) is 19.5 Å². The molecule has 0 bridgehead atoms. The Bertz CT molecular complexity index is 963. The molecular formula is C22H21N3. The molecule has 2 aromatic carbocycles. The van der Waals surface area contributed by atoms with Crippen molar-refractivity contribution in [2.75, 3.05) is 0 Å². The predicted molar refractivity (Wildman–Crippen MR) is 104 cm³/mol. The topological polar surface area (TPSA) is 22.8 Å². The second-order valence-corrected chi connectivity index (χ2v) is 6.23. The number of imidazole rings is 1. The number of aromatic nitrogens is 3. The van der Waals surface area contributed by atoms with Crippen molar-refractivity contribution in [3.05, 3.63) is 90.6 Å². The third-order valence-electron chi connectivity index (χ3n) is 4.44. The summed E-state index contributed by atoms with van der Waals surface area (Å²) in [7, 11) is 0. The summed E-state index contributed by atoms with van der Waals surface area (Å²) in [5.41, 5.74) is 3.75. The van der Waals surface area contributed by atoms with Gasteiger partial charge in [0.25, 0.3) is 0 Å². The highest BCUT2D eigenvalue weighted by molar-refractivity contribution is 5.84. The van der Waals surface area contributed by atoms with Crippen molar-refractivity contribution in [1.29, 1.82) is 0 Å². The summed E-state index contributed by atoms with van der Waals surface area (Å²) >= 11 is 0. The van der Waals surface area contributed by atoms with Crippen LogP contribution >= 0.6 is 0 Å². The lowest BCUT2D eigenvalue weighted by molar-refractivity contribution is 0.573. The Hall–Kier alpha value is -3.07. The van der Waals surface area contributed by atoms with Gasteiger partial charge in [0.1, 0.15) is 0 Å². The Morgan fingerprint density at radius 2 is 1.72 bits per heavy atom. The fourth-order valence-corrected chi connectivity index (χ4v) is 3.12. The molecule has 2 heterocycles. The van der Waals surface area contributed by atoms with Gasteiger partial charge in [0.15, 0.2) is 0 Å². The Morgan fingerprint density at radius 1 is 0.840 bits per heavy atom. The Kier molecular flexibility index (Phi) is 4.46. The van der Waals surface area contributed by atoms with E-state index < -0.39 is 0 Å². The Balaban J connectivity index is 1.46. The molecule has 4 rings (SSSR count). The molecule has 0 amide bonds. The highest BCUT2D eigenvalue weighted by atomic mass is 15.0.